The van der Waals surface area contributed by atoms with E-state index in [0.717, 1.165) is 18.5 Å². The first-order chi connectivity index (χ1) is 9.33. The second kappa shape index (κ2) is 7.29. The average molecular weight is 261 g/mol. The Morgan fingerprint density at radius 1 is 1.21 bits per heavy atom. The Hall–Kier alpha value is -1.35. The van der Waals surface area contributed by atoms with Crippen LogP contribution in [-0.2, 0) is 9.53 Å². The molecule has 0 saturated carbocycles. The fraction of sp³-hybridized carbons (Fsp3) is 0.562. The van der Waals surface area contributed by atoms with Gasteiger partial charge in [0.2, 0.25) is 0 Å². The lowest BCUT2D eigenvalue weighted by Crippen LogP contribution is -2.40. The van der Waals surface area contributed by atoms with Crippen molar-refractivity contribution in [2.24, 2.45) is 0 Å². The Bertz CT molecular complexity index is 383. The molecule has 0 spiro atoms. The molecule has 2 rings (SSSR count). The van der Waals surface area contributed by atoms with E-state index < -0.39 is 0 Å². The topological polar surface area (TPSA) is 38.3 Å². The highest BCUT2D eigenvalue weighted by Gasteiger charge is 2.30. The van der Waals surface area contributed by atoms with Crippen LogP contribution in [0, 0.1) is 0 Å². The molecular formula is C16H23NO2. The average Bonchev–Trinajstić information content (AvgIpc) is 2.42. The SMILES string of the molecule is COC(=O)[C@@H](c1ccccc1)[C@H]1CCCCCCN1. The van der Waals surface area contributed by atoms with Crippen molar-refractivity contribution in [2.45, 2.75) is 44.1 Å². The minimum Gasteiger partial charge on any atom is -0.469 e. The van der Waals surface area contributed by atoms with E-state index in [4.69, 9.17) is 4.74 Å². The minimum atomic E-state index is -0.190. The van der Waals surface area contributed by atoms with Crippen LogP contribution in [0.1, 0.15) is 43.6 Å². The van der Waals surface area contributed by atoms with E-state index >= 15 is 0 Å². The maximum Gasteiger partial charge on any atom is 0.314 e. The molecule has 0 radical (unpaired) electrons. The molecule has 2 atom stereocenters. The van der Waals surface area contributed by atoms with Crippen LogP contribution in [-0.4, -0.2) is 25.7 Å². The number of ether oxygens (including phenoxy) is 1. The summed E-state index contributed by atoms with van der Waals surface area (Å²) in [5, 5.41) is 3.53. The second-order valence-electron chi connectivity index (χ2n) is 5.18. The zero-order chi connectivity index (χ0) is 13.5. The fourth-order valence-corrected chi connectivity index (χ4v) is 2.84. The van der Waals surface area contributed by atoms with Gasteiger partial charge in [-0.3, -0.25) is 4.79 Å². The van der Waals surface area contributed by atoms with Crippen molar-refractivity contribution in [1.82, 2.24) is 5.32 Å². The van der Waals surface area contributed by atoms with Gasteiger partial charge in [0.05, 0.1) is 13.0 Å². The summed E-state index contributed by atoms with van der Waals surface area (Å²) < 4.78 is 5.01. The molecular weight excluding hydrogens is 238 g/mol. The Morgan fingerprint density at radius 3 is 2.68 bits per heavy atom. The number of hydrogen-bond acceptors (Lipinski definition) is 3. The number of nitrogens with one attached hydrogen (secondary N) is 1. The van der Waals surface area contributed by atoms with Gasteiger partial charge < -0.3 is 10.1 Å². The van der Waals surface area contributed by atoms with E-state index in [1.54, 1.807) is 0 Å². The lowest BCUT2D eigenvalue weighted by Gasteiger charge is -2.28. The van der Waals surface area contributed by atoms with Gasteiger partial charge in [0.25, 0.3) is 0 Å². The maximum absolute atomic E-state index is 12.1. The number of benzene rings is 1. The van der Waals surface area contributed by atoms with E-state index in [-0.39, 0.29) is 17.9 Å². The van der Waals surface area contributed by atoms with Crippen LogP contribution in [0.4, 0.5) is 0 Å². The number of carbonyl (C=O) groups is 1. The monoisotopic (exact) mass is 261 g/mol. The van der Waals surface area contributed by atoms with Crippen molar-refractivity contribution < 1.29 is 9.53 Å². The van der Waals surface area contributed by atoms with Gasteiger partial charge in [-0.15, -0.1) is 0 Å². The summed E-state index contributed by atoms with van der Waals surface area (Å²) in [7, 11) is 1.47. The molecule has 19 heavy (non-hydrogen) atoms. The van der Waals surface area contributed by atoms with Crippen molar-refractivity contribution in [3.8, 4) is 0 Å². The lowest BCUT2D eigenvalue weighted by molar-refractivity contribution is -0.143. The van der Waals surface area contributed by atoms with Crippen LogP contribution >= 0.6 is 0 Å². The van der Waals surface area contributed by atoms with Crippen LogP contribution in [0.25, 0.3) is 0 Å². The predicted molar refractivity (Wildman–Crippen MR) is 76.1 cm³/mol. The normalized spacial score (nSPS) is 22.1. The van der Waals surface area contributed by atoms with Gasteiger partial charge in [-0.25, -0.2) is 0 Å². The van der Waals surface area contributed by atoms with Gasteiger partial charge >= 0.3 is 5.97 Å². The van der Waals surface area contributed by atoms with Crippen LogP contribution in [0.15, 0.2) is 30.3 Å². The summed E-state index contributed by atoms with van der Waals surface area (Å²) in [6.07, 6.45) is 5.96. The van der Waals surface area contributed by atoms with E-state index in [1.807, 2.05) is 30.3 Å². The van der Waals surface area contributed by atoms with Gasteiger partial charge in [0, 0.05) is 6.04 Å². The first-order valence-corrected chi connectivity index (χ1v) is 7.19. The summed E-state index contributed by atoms with van der Waals surface area (Å²) in [5.74, 6) is -0.325. The third-order valence-corrected chi connectivity index (χ3v) is 3.86. The summed E-state index contributed by atoms with van der Waals surface area (Å²) in [6, 6.07) is 10.2. The second-order valence-corrected chi connectivity index (χ2v) is 5.18. The van der Waals surface area contributed by atoms with Gasteiger partial charge in [0.1, 0.15) is 0 Å². The highest BCUT2D eigenvalue weighted by molar-refractivity contribution is 5.79. The lowest BCUT2D eigenvalue weighted by atomic mass is 9.87. The smallest absolute Gasteiger partial charge is 0.314 e. The number of rotatable bonds is 3. The Labute approximate surface area is 115 Å². The molecule has 104 valence electrons. The molecule has 1 aromatic rings. The maximum atomic E-state index is 12.1. The van der Waals surface area contributed by atoms with Gasteiger partial charge in [0.15, 0.2) is 0 Å². The Morgan fingerprint density at radius 2 is 1.95 bits per heavy atom. The highest BCUT2D eigenvalue weighted by Crippen LogP contribution is 2.26. The fourth-order valence-electron chi connectivity index (χ4n) is 2.84. The van der Waals surface area contributed by atoms with Crippen molar-refractivity contribution in [2.75, 3.05) is 13.7 Å². The molecule has 3 nitrogen and oxygen atoms in total. The molecule has 1 heterocycles. The van der Waals surface area contributed by atoms with E-state index in [9.17, 15) is 4.79 Å². The summed E-state index contributed by atoms with van der Waals surface area (Å²) in [5.41, 5.74) is 1.05. The molecule has 1 N–H and O–H groups in total. The zero-order valence-corrected chi connectivity index (χ0v) is 11.6. The van der Waals surface area contributed by atoms with E-state index in [1.165, 1.54) is 32.8 Å². The molecule has 1 aliphatic rings. The number of methoxy groups -OCH3 is 1. The highest BCUT2D eigenvalue weighted by atomic mass is 16.5. The van der Waals surface area contributed by atoms with Crippen molar-refractivity contribution in [3.63, 3.8) is 0 Å². The molecule has 1 aliphatic heterocycles. The Kier molecular flexibility index (Phi) is 5.40. The predicted octanol–water partition coefficient (Wildman–Crippen LogP) is 2.87. The van der Waals surface area contributed by atoms with Crippen molar-refractivity contribution in [3.05, 3.63) is 35.9 Å². The number of esters is 1. The van der Waals surface area contributed by atoms with Crippen LogP contribution in [0.2, 0.25) is 0 Å². The first-order valence-electron chi connectivity index (χ1n) is 7.19. The van der Waals surface area contributed by atoms with Crippen molar-refractivity contribution >= 4 is 5.97 Å². The van der Waals surface area contributed by atoms with Gasteiger partial charge in [-0.2, -0.15) is 0 Å². The molecule has 0 aromatic heterocycles. The third-order valence-electron chi connectivity index (χ3n) is 3.86. The zero-order valence-electron chi connectivity index (χ0n) is 11.6. The molecule has 1 saturated heterocycles. The molecule has 0 bridgehead atoms. The van der Waals surface area contributed by atoms with Gasteiger partial charge in [-0.05, 0) is 24.9 Å². The van der Waals surface area contributed by atoms with Crippen molar-refractivity contribution in [1.29, 1.82) is 0 Å². The molecule has 3 heteroatoms. The molecule has 0 aliphatic carbocycles. The quantitative estimate of drug-likeness (QED) is 0.850. The Balaban J connectivity index is 2.18. The molecule has 1 fully saturated rings. The standard InChI is InChI=1S/C16H23NO2/c1-19-16(18)15(13-9-5-4-6-10-13)14-11-7-2-3-8-12-17-14/h4-6,9-10,14-15,17H,2-3,7-8,11-12H2,1H3/t14-,15+/m1/s1. The minimum absolute atomic E-state index is 0.135. The van der Waals surface area contributed by atoms with E-state index in [2.05, 4.69) is 5.32 Å². The largest absolute Gasteiger partial charge is 0.469 e. The number of carbonyl (C=O) groups excluding carboxylic acids is 1. The van der Waals surface area contributed by atoms with Crippen LogP contribution in [0.3, 0.4) is 0 Å². The van der Waals surface area contributed by atoms with Crippen LogP contribution in [0.5, 0.6) is 0 Å². The summed E-state index contributed by atoms with van der Waals surface area (Å²) >= 11 is 0. The third kappa shape index (κ3) is 3.80. The first kappa shape index (κ1) is 14.1. The number of hydrogen-bond donors (Lipinski definition) is 1. The summed E-state index contributed by atoms with van der Waals surface area (Å²) in [4.78, 5) is 12.1. The van der Waals surface area contributed by atoms with Crippen LogP contribution < -0.4 is 5.32 Å². The summed E-state index contributed by atoms with van der Waals surface area (Å²) in [6.45, 7) is 0.991. The molecule has 0 amide bonds. The molecule has 0 unspecified atom stereocenters. The van der Waals surface area contributed by atoms with E-state index in [0.29, 0.717) is 0 Å². The van der Waals surface area contributed by atoms with Gasteiger partial charge in [-0.1, -0.05) is 49.6 Å². The molecule has 1 aromatic carbocycles.